The predicted octanol–water partition coefficient (Wildman–Crippen LogP) is 3.26. The van der Waals surface area contributed by atoms with E-state index in [1.165, 1.54) is 19.3 Å². The van der Waals surface area contributed by atoms with Gasteiger partial charge < -0.3 is 5.32 Å². The molecule has 2 unspecified atom stereocenters. The number of hydrogen-bond donors (Lipinski definition) is 2. The summed E-state index contributed by atoms with van der Waals surface area (Å²) in [6.07, 6.45) is 4.67. The van der Waals surface area contributed by atoms with Crippen molar-refractivity contribution in [1.29, 1.82) is 0 Å². The van der Waals surface area contributed by atoms with Gasteiger partial charge in [-0.2, -0.15) is 0 Å². The quantitative estimate of drug-likeness (QED) is 0.898. The summed E-state index contributed by atoms with van der Waals surface area (Å²) in [6.45, 7) is 10.8. The fourth-order valence-corrected chi connectivity index (χ4v) is 3.21. The molecular weight excluding hydrogens is 264 g/mol. The van der Waals surface area contributed by atoms with Gasteiger partial charge in [-0.05, 0) is 24.2 Å². The highest BCUT2D eigenvalue weighted by molar-refractivity contribution is 5.90. The van der Waals surface area contributed by atoms with Crippen molar-refractivity contribution >= 4 is 5.91 Å². The van der Waals surface area contributed by atoms with Gasteiger partial charge in [0.1, 0.15) is 5.82 Å². The topological polar surface area (TPSA) is 70.7 Å². The van der Waals surface area contributed by atoms with E-state index >= 15 is 0 Å². The van der Waals surface area contributed by atoms with Crippen LogP contribution in [0.2, 0.25) is 0 Å². The summed E-state index contributed by atoms with van der Waals surface area (Å²) in [7, 11) is 0. The van der Waals surface area contributed by atoms with Crippen LogP contribution >= 0.6 is 0 Å². The zero-order chi connectivity index (χ0) is 15.6. The number of nitrogens with one attached hydrogen (secondary N) is 2. The molecule has 2 rings (SSSR count). The molecule has 0 radical (unpaired) electrons. The molecule has 1 amide bonds. The van der Waals surface area contributed by atoms with E-state index < -0.39 is 0 Å². The van der Waals surface area contributed by atoms with Gasteiger partial charge in [-0.1, -0.05) is 47.5 Å². The molecule has 1 heterocycles. The number of aromatic amines is 1. The smallest absolute Gasteiger partial charge is 0.291 e. The molecule has 2 N–H and O–H groups in total. The Balaban J connectivity index is 2.06. The Hall–Kier alpha value is -1.39. The van der Waals surface area contributed by atoms with Crippen molar-refractivity contribution in [2.45, 2.75) is 72.3 Å². The lowest BCUT2D eigenvalue weighted by atomic mass is 9.69. The largest absolute Gasteiger partial charge is 0.346 e. The zero-order valence-corrected chi connectivity index (χ0v) is 13.9. The first-order valence-corrected chi connectivity index (χ1v) is 8.02. The first-order valence-electron chi connectivity index (χ1n) is 8.02. The van der Waals surface area contributed by atoms with Gasteiger partial charge in [0.05, 0.1) is 0 Å². The summed E-state index contributed by atoms with van der Waals surface area (Å²) >= 11 is 0. The molecular formula is C16H28N4O. The number of carbonyl (C=O) groups excluding carboxylic acids is 1. The number of nitrogens with zero attached hydrogens (tertiary/aromatic N) is 2. The van der Waals surface area contributed by atoms with Crippen molar-refractivity contribution in [3.8, 4) is 0 Å². The molecule has 5 heteroatoms. The Labute approximate surface area is 127 Å². The summed E-state index contributed by atoms with van der Waals surface area (Å²) in [4.78, 5) is 16.6. The van der Waals surface area contributed by atoms with Crippen molar-refractivity contribution in [3.63, 3.8) is 0 Å². The van der Waals surface area contributed by atoms with Crippen LogP contribution in [0.25, 0.3) is 0 Å². The normalized spacial score (nSPS) is 23.3. The second kappa shape index (κ2) is 6.16. The van der Waals surface area contributed by atoms with E-state index in [9.17, 15) is 4.79 Å². The maximum atomic E-state index is 12.4. The van der Waals surface area contributed by atoms with Crippen LogP contribution in [0.1, 0.15) is 82.7 Å². The fraction of sp³-hybridized carbons (Fsp3) is 0.812. The molecule has 1 fully saturated rings. The molecule has 1 aromatic heterocycles. The summed E-state index contributed by atoms with van der Waals surface area (Å²) in [5, 5.41) is 10.0. The summed E-state index contributed by atoms with van der Waals surface area (Å²) in [5.74, 6) is 1.63. The van der Waals surface area contributed by atoms with Crippen LogP contribution in [-0.4, -0.2) is 27.1 Å². The lowest BCUT2D eigenvalue weighted by molar-refractivity contribution is 0.0820. The minimum absolute atomic E-state index is 0.153. The third kappa shape index (κ3) is 3.83. The third-order valence-electron chi connectivity index (χ3n) is 4.45. The van der Waals surface area contributed by atoms with Gasteiger partial charge in [-0.3, -0.25) is 9.89 Å². The number of carbonyl (C=O) groups is 1. The van der Waals surface area contributed by atoms with Crippen molar-refractivity contribution in [1.82, 2.24) is 20.5 Å². The summed E-state index contributed by atoms with van der Waals surface area (Å²) in [6, 6.07) is 0.229. The molecule has 0 spiro atoms. The molecule has 2 atom stereocenters. The van der Waals surface area contributed by atoms with E-state index in [1.807, 2.05) is 13.8 Å². The highest BCUT2D eigenvalue weighted by Gasteiger charge is 2.35. The molecule has 1 aromatic rings. The molecule has 21 heavy (non-hydrogen) atoms. The van der Waals surface area contributed by atoms with Crippen LogP contribution in [0.3, 0.4) is 0 Å². The number of amides is 1. The third-order valence-corrected chi connectivity index (χ3v) is 4.45. The van der Waals surface area contributed by atoms with Gasteiger partial charge in [0.25, 0.3) is 5.91 Å². The van der Waals surface area contributed by atoms with Gasteiger partial charge in [0, 0.05) is 12.0 Å². The van der Waals surface area contributed by atoms with Crippen LogP contribution in [0.4, 0.5) is 0 Å². The first kappa shape index (κ1) is 16.0. The Kier molecular flexibility index (Phi) is 4.69. The lowest BCUT2D eigenvalue weighted by Crippen LogP contribution is -2.46. The first-order chi connectivity index (χ1) is 9.79. The van der Waals surface area contributed by atoms with Crippen LogP contribution in [0, 0.1) is 11.3 Å². The Morgan fingerprint density at radius 1 is 1.29 bits per heavy atom. The fourth-order valence-electron chi connectivity index (χ4n) is 3.21. The Morgan fingerprint density at radius 3 is 2.52 bits per heavy atom. The molecule has 118 valence electrons. The standard InChI is InChI=1S/C16H28N4O/c1-10(2)13-18-14(20-19-13)15(21)17-12-9-7-6-8-11(12)16(3,4)5/h10-12H,6-9H2,1-5H3,(H,17,21)(H,18,19,20). The number of hydrogen-bond acceptors (Lipinski definition) is 3. The zero-order valence-electron chi connectivity index (χ0n) is 13.9. The maximum absolute atomic E-state index is 12.4. The molecule has 0 saturated heterocycles. The van der Waals surface area contributed by atoms with E-state index in [2.05, 4.69) is 41.3 Å². The van der Waals surface area contributed by atoms with Crippen LogP contribution < -0.4 is 5.32 Å². The molecule has 0 aromatic carbocycles. The monoisotopic (exact) mass is 292 g/mol. The van der Waals surface area contributed by atoms with Crippen molar-refractivity contribution in [2.24, 2.45) is 11.3 Å². The van der Waals surface area contributed by atoms with Crippen LogP contribution in [0.5, 0.6) is 0 Å². The van der Waals surface area contributed by atoms with E-state index in [4.69, 9.17) is 0 Å². The molecule has 1 aliphatic rings. The minimum Gasteiger partial charge on any atom is -0.346 e. The van der Waals surface area contributed by atoms with Gasteiger partial charge in [0.15, 0.2) is 0 Å². The second-order valence-electron chi connectivity index (χ2n) is 7.54. The average molecular weight is 292 g/mol. The minimum atomic E-state index is -0.153. The second-order valence-corrected chi connectivity index (χ2v) is 7.54. The summed E-state index contributed by atoms with van der Waals surface area (Å²) < 4.78 is 0. The van der Waals surface area contributed by atoms with E-state index in [0.717, 1.165) is 12.2 Å². The lowest BCUT2D eigenvalue weighted by Gasteiger charge is -2.40. The van der Waals surface area contributed by atoms with E-state index in [-0.39, 0.29) is 29.1 Å². The Bertz CT molecular complexity index is 487. The van der Waals surface area contributed by atoms with Gasteiger partial charge in [-0.15, -0.1) is 5.10 Å². The van der Waals surface area contributed by atoms with Gasteiger partial charge in [-0.25, -0.2) is 4.98 Å². The van der Waals surface area contributed by atoms with Crippen molar-refractivity contribution in [3.05, 3.63) is 11.6 Å². The van der Waals surface area contributed by atoms with Crippen molar-refractivity contribution in [2.75, 3.05) is 0 Å². The Morgan fingerprint density at radius 2 is 1.95 bits per heavy atom. The number of rotatable bonds is 3. The molecule has 1 aliphatic carbocycles. The van der Waals surface area contributed by atoms with Crippen LogP contribution in [0.15, 0.2) is 0 Å². The summed E-state index contributed by atoms with van der Waals surface area (Å²) in [5.41, 5.74) is 0.209. The van der Waals surface area contributed by atoms with E-state index in [0.29, 0.717) is 5.92 Å². The highest BCUT2D eigenvalue weighted by atomic mass is 16.2. The molecule has 0 aliphatic heterocycles. The predicted molar refractivity (Wildman–Crippen MR) is 83.1 cm³/mol. The van der Waals surface area contributed by atoms with Gasteiger partial charge >= 0.3 is 0 Å². The average Bonchev–Trinajstić information content (AvgIpc) is 2.88. The van der Waals surface area contributed by atoms with E-state index in [1.54, 1.807) is 0 Å². The molecule has 0 bridgehead atoms. The SMILES string of the molecule is CC(C)c1nc(C(=O)NC2CCCCC2C(C)(C)C)n[nH]1. The molecule has 1 saturated carbocycles. The maximum Gasteiger partial charge on any atom is 0.291 e. The van der Waals surface area contributed by atoms with Crippen LogP contribution in [-0.2, 0) is 0 Å². The van der Waals surface area contributed by atoms with Crippen molar-refractivity contribution < 1.29 is 4.79 Å². The molecule has 5 nitrogen and oxygen atoms in total. The van der Waals surface area contributed by atoms with Gasteiger partial charge in [0.2, 0.25) is 5.82 Å². The number of aromatic nitrogens is 3. The number of H-pyrrole nitrogens is 1. The highest BCUT2D eigenvalue weighted by Crippen LogP contribution is 2.38.